The van der Waals surface area contributed by atoms with Crippen LogP contribution in [0.3, 0.4) is 0 Å². The average molecular weight is 168 g/mol. The van der Waals surface area contributed by atoms with Crippen LogP contribution >= 0.6 is 11.3 Å². The highest BCUT2D eigenvalue weighted by Crippen LogP contribution is 2.20. The number of para-hydroxylation sites is 1. The number of thiazole rings is 1. The van der Waals surface area contributed by atoms with Crippen molar-refractivity contribution >= 4 is 34.2 Å². The van der Waals surface area contributed by atoms with Gasteiger partial charge in [0.15, 0.2) is 0 Å². The first-order valence-corrected chi connectivity index (χ1v) is 4.25. The predicted octanol–water partition coefficient (Wildman–Crippen LogP) is 1.67. The summed E-state index contributed by atoms with van der Waals surface area (Å²) in [6.07, 6.45) is 0. The van der Waals surface area contributed by atoms with Gasteiger partial charge in [0.25, 0.3) is 4.34 Å². The van der Waals surface area contributed by atoms with E-state index in [1.54, 1.807) is 11.3 Å². The molecule has 0 unspecified atom stereocenters. The third-order valence-corrected chi connectivity index (χ3v) is 2.56. The van der Waals surface area contributed by atoms with E-state index in [2.05, 4.69) is 23.7 Å². The van der Waals surface area contributed by atoms with E-state index >= 15 is 0 Å². The summed E-state index contributed by atoms with van der Waals surface area (Å²) >= 11 is 5.03. The van der Waals surface area contributed by atoms with Gasteiger partial charge in [0.2, 0.25) is 0 Å². The molecule has 0 saturated heterocycles. The highest BCUT2D eigenvalue weighted by molar-refractivity contribution is 7.63. The summed E-state index contributed by atoms with van der Waals surface area (Å²) in [4.78, 5) is 4.25. The Labute approximate surface area is 68.1 Å². The van der Waals surface area contributed by atoms with Gasteiger partial charge in [0.05, 0.1) is 10.2 Å². The van der Waals surface area contributed by atoms with Crippen LogP contribution in [0, 0.1) is 0 Å². The third-order valence-electron chi connectivity index (χ3n) is 1.29. The molecule has 0 atom stereocenters. The molecule has 0 N–H and O–H groups in total. The lowest BCUT2D eigenvalue weighted by atomic mass is 10.3. The Morgan fingerprint density at radius 2 is 2.10 bits per heavy atom. The SMILES string of the molecule is [SH2+]c1nc2ccccc2s1. The molecule has 1 aromatic carbocycles. The molecule has 0 radical (unpaired) electrons. The monoisotopic (exact) mass is 168 g/mol. The average Bonchev–Trinajstić information content (AvgIpc) is 2.27. The van der Waals surface area contributed by atoms with Gasteiger partial charge in [-0.05, 0) is 12.1 Å². The molecule has 2 aromatic rings. The van der Waals surface area contributed by atoms with Crippen molar-refractivity contribution in [2.45, 2.75) is 4.34 Å². The van der Waals surface area contributed by atoms with Crippen molar-refractivity contribution in [3.63, 3.8) is 0 Å². The van der Waals surface area contributed by atoms with E-state index in [0.29, 0.717) is 0 Å². The van der Waals surface area contributed by atoms with Crippen molar-refractivity contribution in [2.24, 2.45) is 0 Å². The molecule has 1 aromatic heterocycles. The zero-order valence-electron chi connectivity index (χ0n) is 5.16. The van der Waals surface area contributed by atoms with Crippen LogP contribution in [-0.4, -0.2) is 4.98 Å². The molecule has 0 aliphatic heterocycles. The fraction of sp³-hybridized carbons (Fsp3) is 0. The molecule has 0 bridgehead atoms. The minimum Gasteiger partial charge on any atom is -0.192 e. The zero-order chi connectivity index (χ0) is 6.97. The highest BCUT2D eigenvalue weighted by Gasteiger charge is 2.00. The van der Waals surface area contributed by atoms with E-state index in [1.807, 2.05) is 18.2 Å². The Kier molecular flexibility index (Phi) is 1.39. The molecule has 2 rings (SSSR count). The number of hydrogen-bond acceptors (Lipinski definition) is 2. The lowest BCUT2D eigenvalue weighted by Gasteiger charge is -1.79. The van der Waals surface area contributed by atoms with E-state index in [1.165, 1.54) is 4.70 Å². The van der Waals surface area contributed by atoms with Crippen molar-refractivity contribution in [3.05, 3.63) is 24.3 Å². The van der Waals surface area contributed by atoms with Crippen LogP contribution in [0.15, 0.2) is 28.6 Å². The first kappa shape index (κ1) is 6.19. The van der Waals surface area contributed by atoms with E-state index in [4.69, 9.17) is 0 Å². The number of nitrogens with zero attached hydrogens (tertiary/aromatic N) is 1. The van der Waals surface area contributed by atoms with Crippen molar-refractivity contribution < 1.29 is 0 Å². The van der Waals surface area contributed by atoms with Gasteiger partial charge < -0.3 is 0 Å². The Hall–Kier alpha value is -0.540. The minimum absolute atomic E-state index is 0.946. The zero-order valence-corrected chi connectivity index (χ0v) is 6.98. The number of aromatic nitrogens is 1. The molecular formula is C7H6NS2+. The second kappa shape index (κ2) is 2.25. The quantitative estimate of drug-likeness (QED) is 0.545. The van der Waals surface area contributed by atoms with Gasteiger partial charge in [-0.2, -0.15) is 4.98 Å². The van der Waals surface area contributed by atoms with Gasteiger partial charge >= 0.3 is 0 Å². The largest absolute Gasteiger partial charge is 0.300 e. The van der Waals surface area contributed by atoms with Crippen molar-refractivity contribution in [2.75, 3.05) is 0 Å². The smallest absolute Gasteiger partial charge is 0.192 e. The van der Waals surface area contributed by atoms with Crippen molar-refractivity contribution in [3.8, 4) is 0 Å². The molecule has 0 saturated carbocycles. The normalized spacial score (nSPS) is 10.5. The summed E-state index contributed by atoms with van der Waals surface area (Å²) in [5.74, 6) is 0. The molecule has 0 aliphatic rings. The molecule has 0 spiro atoms. The van der Waals surface area contributed by atoms with Gasteiger partial charge in [-0.1, -0.05) is 23.5 Å². The molecule has 3 heteroatoms. The topological polar surface area (TPSA) is 12.9 Å². The summed E-state index contributed by atoms with van der Waals surface area (Å²) in [5, 5.41) is 0. The van der Waals surface area contributed by atoms with Gasteiger partial charge in [0, 0.05) is 12.6 Å². The fourth-order valence-corrected chi connectivity index (χ4v) is 2.04. The Balaban J connectivity index is 2.88. The molecule has 0 amide bonds. The Morgan fingerprint density at radius 1 is 1.30 bits per heavy atom. The maximum absolute atomic E-state index is 4.25. The Bertz CT molecular complexity index is 320. The first-order chi connectivity index (χ1) is 4.86. The summed E-state index contributed by atoms with van der Waals surface area (Å²) in [6.45, 7) is 0. The van der Waals surface area contributed by atoms with Crippen molar-refractivity contribution in [1.29, 1.82) is 0 Å². The number of hydrogen-bond donors (Lipinski definition) is 0. The van der Waals surface area contributed by atoms with Crippen LogP contribution < -0.4 is 0 Å². The molecular weight excluding hydrogens is 162 g/mol. The summed E-state index contributed by atoms with van der Waals surface area (Å²) in [6, 6.07) is 8.09. The lowest BCUT2D eigenvalue weighted by molar-refractivity contribution is 1.31. The molecule has 10 heavy (non-hydrogen) atoms. The highest BCUT2D eigenvalue weighted by atomic mass is 32.2. The number of fused-ring (bicyclic) bond motifs is 1. The van der Waals surface area contributed by atoms with Crippen LogP contribution in [0.1, 0.15) is 0 Å². The molecule has 1 heterocycles. The fourth-order valence-electron chi connectivity index (χ4n) is 0.872. The van der Waals surface area contributed by atoms with E-state index in [9.17, 15) is 0 Å². The summed E-state index contributed by atoms with van der Waals surface area (Å²) < 4.78 is 2.17. The standard InChI is InChI=1S/C7H5NS2/c9-7-8-5-3-1-2-4-6(5)10-7/h1-4H,(H,8,9)/p+1. The van der Waals surface area contributed by atoms with Gasteiger partial charge in [-0.25, -0.2) is 0 Å². The molecule has 0 aliphatic carbocycles. The second-order valence-electron chi connectivity index (χ2n) is 1.99. The van der Waals surface area contributed by atoms with Gasteiger partial charge in [-0.15, -0.1) is 0 Å². The molecule has 0 fully saturated rings. The van der Waals surface area contributed by atoms with E-state index < -0.39 is 0 Å². The Morgan fingerprint density at radius 3 is 2.90 bits per heavy atom. The second-order valence-corrected chi connectivity index (χ2v) is 3.85. The van der Waals surface area contributed by atoms with Crippen LogP contribution in [0.25, 0.3) is 10.2 Å². The van der Waals surface area contributed by atoms with Gasteiger partial charge in [-0.3, -0.25) is 0 Å². The van der Waals surface area contributed by atoms with Gasteiger partial charge in [0.1, 0.15) is 0 Å². The van der Waals surface area contributed by atoms with Crippen LogP contribution in [-0.2, 0) is 12.6 Å². The van der Waals surface area contributed by atoms with Crippen LogP contribution in [0.5, 0.6) is 0 Å². The first-order valence-electron chi connectivity index (χ1n) is 2.93. The lowest BCUT2D eigenvalue weighted by Crippen LogP contribution is -1.64. The van der Waals surface area contributed by atoms with E-state index in [0.717, 1.165) is 9.86 Å². The predicted molar refractivity (Wildman–Crippen MR) is 48.0 cm³/mol. The number of benzene rings is 1. The molecule has 1 nitrogen and oxygen atoms in total. The van der Waals surface area contributed by atoms with Crippen LogP contribution in [0.4, 0.5) is 0 Å². The number of rotatable bonds is 0. The summed E-state index contributed by atoms with van der Waals surface area (Å²) in [5.41, 5.74) is 1.07. The maximum atomic E-state index is 4.25. The van der Waals surface area contributed by atoms with Crippen LogP contribution in [0.2, 0.25) is 0 Å². The van der Waals surface area contributed by atoms with E-state index in [-0.39, 0.29) is 0 Å². The van der Waals surface area contributed by atoms with Crippen molar-refractivity contribution in [1.82, 2.24) is 4.98 Å². The third kappa shape index (κ3) is 0.914. The summed E-state index contributed by atoms with van der Waals surface area (Å²) in [7, 11) is 0. The minimum atomic E-state index is 0.946. The molecule has 50 valence electrons. The maximum Gasteiger partial charge on any atom is 0.300 e.